The molecule has 0 saturated carbocycles. The number of amides is 1. The van der Waals surface area contributed by atoms with Crippen LogP contribution in [0.3, 0.4) is 0 Å². The van der Waals surface area contributed by atoms with Gasteiger partial charge < -0.3 is 14.8 Å². The lowest BCUT2D eigenvalue weighted by atomic mass is 10.0. The normalized spacial score (nSPS) is 11.6. The van der Waals surface area contributed by atoms with Crippen molar-refractivity contribution in [3.63, 3.8) is 0 Å². The summed E-state index contributed by atoms with van der Waals surface area (Å²) in [6.45, 7) is 1.77. The molecule has 0 aromatic heterocycles. The van der Waals surface area contributed by atoms with E-state index < -0.39 is 17.4 Å². The number of Topliss-reactive ketones (excluding diaryl/α,β-unsaturated/α-hetero) is 1. The predicted molar refractivity (Wildman–Crippen MR) is 96.0 cm³/mol. The minimum atomic E-state index is -0.935. The van der Waals surface area contributed by atoms with E-state index in [0.717, 1.165) is 17.7 Å². The Bertz CT molecular complexity index is 839. The van der Waals surface area contributed by atoms with Gasteiger partial charge in [-0.25, -0.2) is 8.78 Å². The van der Waals surface area contributed by atoms with Crippen LogP contribution in [0.5, 0.6) is 11.5 Å². The van der Waals surface area contributed by atoms with Crippen LogP contribution < -0.4 is 14.8 Å². The van der Waals surface area contributed by atoms with Crippen LogP contribution in [-0.4, -0.2) is 25.9 Å². The highest BCUT2D eigenvalue weighted by Gasteiger charge is 2.18. The average molecular weight is 377 g/mol. The second-order valence-corrected chi connectivity index (χ2v) is 5.94. The average Bonchev–Trinajstić information content (AvgIpc) is 2.65. The van der Waals surface area contributed by atoms with E-state index in [1.165, 1.54) is 14.2 Å². The second kappa shape index (κ2) is 9.12. The Morgan fingerprint density at radius 1 is 1.04 bits per heavy atom. The van der Waals surface area contributed by atoms with E-state index in [9.17, 15) is 18.4 Å². The number of hydrogen-bond donors (Lipinski definition) is 1. The van der Waals surface area contributed by atoms with Crippen LogP contribution in [0.15, 0.2) is 36.4 Å². The van der Waals surface area contributed by atoms with Gasteiger partial charge in [0, 0.05) is 24.5 Å². The topological polar surface area (TPSA) is 64.6 Å². The van der Waals surface area contributed by atoms with Crippen molar-refractivity contribution in [2.24, 2.45) is 0 Å². The number of methoxy groups -OCH3 is 2. The van der Waals surface area contributed by atoms with Gasteiger partial charge in [-0.1, -0.05) is 0 Å². The summed E-state index contributed by atoms with van der Waals surface area (Å²) in [5.74, 6) is -1.42. The first-order chi connectivity index (χ1) is 12.8. The summed E-state index contributed by atoms with van der Waals surface area (Å²) in [6, 6.07) is 7.57. The Morgan fingerprint density at radius 3 is 2.41 bits per heavy atom. The van der Waals surface area contributed by atoms with Crippen LogP contribution in [0, 0.1) is 11.6 Å². The number of carbonyl (C=O) groups is 2. The third-order valence-corrected chi connectivity index (χ3v) is 4.09. The summed E-state index contributed by atoms with van der Waals surface area (Å²) in [5.41, 5.74) is 0.493. The predicted octanol–water partition coefficient (Wildman–Crippen LogP) is 3.82. The van der Waals surface area contributed by atoms with Crippen LogP contribution in [0.4, 0.5) is 8.78 Å². The number of carbonyl (C=O) groups excluding carboxylic acids is 2. The summed E-state index contributed by atoms with van der Waals surface area (Å²) >= 11 is 0. The number of ether oxygens (including phenoxy) is 2. The van der Waals surface area contributed by atoms with E-state index in [-0.39, 0.29) is 30.4 Å². The van der Waals surface area contributed by atoms with Gasteiger partial charge >= 0.3 is 0 Å². The fourth-order valence-electron chi connectivity index (χ4n) is 2.65. The maximum Gasteiger partial charge on any atom is 0.220 e. The van der Waals surface area contributed by atoms with Gasteiger partial charge in [0.05, 0.1) is 25.8 Å². The Hall–Kier alpha value is -2.96. The number of halogens is 2. The van der Waals surface area contributed by atoms with Gasteiger partial charge in [-0.3, -0.25) is 9.59 Å². The zero-order chi connectivity index (χ0) is 20.0. The number of rotatable bonds is 8. The molecule has 0 aliphatic rings. The van der Waals surface area contributed by atoms with Crippen molar-refractivity contribution in [2.75, 3.05) is 14.2 Å². The Balaban J connectivity index is 1.98. The first-order valence-corrected chi connectivity index (χ1v) is 8.35. The Kier molecular flexibility index (Phi) is 6.87. The number of ketones is 1. The smallest absolute Gasteiger partial charge is 0.220 e. The molecule has 0 heterocycles. The molecule has 0 aliphatic carbocycles. The molecule has 0 spiro atoms. The van der Waals surface area contributed by atoms with Crippen molar-refractivity contribution in [1.82, 2.24) is 5.32 Å². The standard InChI is InChI=1S/C20H21F2NO4/c1-12(16-11-14(26-2)5-8-19(16)27-3)23-20(25)9-7-18(24)15-6-4-13(21)10-17(15)22/h4-6,8,10-12H,7,9H2,1-3H3,(H,23,25)/t12-/m1/s1. The summed E-state index contributed by atoms with van der Waals surface area (Å²) < 4.78 is 37.0. The highest BCUT2D eigenvalue weighted by Crippen LogP contribution is 2.29. The number of hydrogen-bond acceptors (Lipinski definition) is 4. The van der Waals surface area contributed by atoms with Crippen LogP contribution in [0.1, 0.15) is 41.7 Å². The molecule has 2 rings (SSSR count). The Labute approximate surface area is 156 Å². The first-order valence-electron chi connectivity index (χ1n) is 8.35. The van der Waals surface area contributed by atoms with Gasteiger partial charge in [0.15, 0.2) is 5.78 Å². The third-order valence-electron chi connectivity index (χ3n) is 4.09. The van der Waals surface area contributed by atoms with E-state index in [4.69, 9.17) is 9.47 Å². The first kappa shape index (κ1) is 20.4. The highest BCUT2D eigenvalue weighted by atomic mass is 19.1. The maximum absolute atomic E-state index is 13.6. The molecule has 7 heteroatoms. The van der Waals surface area contributed by atoms with Crippen molar-refractivity contribution in [2.45, 2.75) is 25.8 Å². The molecule has 1 amide bonds. The van der Waals surface area contributed by atoms with Crippen molar-refractivity contribution in [3.05, 3.63) is 59.2 Å². The van der Waals surface area contributed by atoms with Gasteiger partial charge in [-0.15, -0.1) is 0 Å². The van der Waals surface area contributed by atoms with Crippen molar-refractivity contribution >= 4 is 11.7 Å². The zero-order valence-corrected chi connectivity index (χ0v) is 15.3. The van der Waals surface area contributed by atoms with Gasteiger partial charge in [0.1, 0.15) is 23.1 Å². The van der Waals surface area contributed by atoms with Crippen LogP contribution in [0.2, 0.25) is 0 Å². The van der Waals surface area contributed by atoms with E-state index in [0.29, 0.717) is 17.6 Å². The lowest BCUT2D eigenvalue weighted by Crippen LogP contribution is -2.27. The molecule has 1 atom stereocenters. The summed E-state index contributed by atoms with van der Waals surface area (Å²) in [6.07, 6.45) is -0.303. The summed E-state index contributed by atoms with van der Waals surface area (Å²) in [4.78, 5) is 24.2. The monoisotopic (exact) mass is 377 g/mol. The van der Waals surface area contributed by atoms with Crippen LogP contribution in [-0.2, 0) is 4.79 Å². The molecule has 0 fully saturated rings. The largest absolute Gasteiger partial charge is 0.497 e. The molecular weight excluding hydrogens is 356 g/mol. The zero-order valence-electron chi connectivity index (χ0n) is 15.3. The fraction of sp³-hybridized carbons (Fsp3) is 0.300. The van der Waals surface area contributed by atoms with Crippen LogP contribution >= 0.6 is 0 Å². The number of nitrogens with one attached hydrogen (secondary N) is 1. The van der Waals surface area contributed by atoms with Gasteiger partial charge in [-0.05, 0) is 37.3 Å². The lowest BCUT2D eigenvalue weighted by molar-refractivity contribution is -0.121. The molecular formula is C20H21F2NO4. The lowest BCUT2D eigenvalue weighted by Gasteiger charge is -2.18. The quantitative estimate of drug-likeness (QED) is 0.711. The van der Waals surface area contributed by atoms with Gasteiger partial charge in [0.2, 0.25) is 5.91 Å². The second-order valence-electron chi connectivity index (χ2n) is 5.94. The van der Waals surface area contributed by atoms with Gasteiger partial charge in [-0.2, -0.15) is 0 Å². The van der Waals surface area contributed by atoms with E-state index in [1.807, 2.05) is 0 Å². The van der Waals surface area contributed by atoms with E-state index >= 15 is 0 Å². The molecule has 1 N–H and O–H groups in total. The molecule has 27 heavy (non-hydrogen) atoms. The van der Waals surface area contributed by atoms with E-state index in [2.05, 4.69) is 5.32 Å². The maximum atomic E-state index is 13.6. The molecule has 0 bridgehead atoms. The summed E-state index contributed by atoms with van der Waals surface area (Å²) in [7, 11) is 3.06. The highest BCUT2D eigenvalue weighted by molar-refractivity contribution is 5.98. The molecule has 0 saturated heterocycles. The number of benzene rings is 2. The fourth-order valence-corrected chi connectivity index (χ4v) is 2.65. The SMILES string of the molecule is COc1ccc(OC)c([C@@H](C)NC(=O)CCC(=O)c2ccc(F)cc2F)c1. The van der Waals surface area contributed by atoms with Crippen molar-refractivity contribution in [1.29, 1.82) is 0 Å². The van der Waals surface area contributed by atoms with Crippen LogP contribution in [0.25, 0.3) is 0 Å². The Morgan fingerprint density at radius 2 is 1.78 bits per heavy atom. The molecule has 144 valence electrons. The van der Waals surface area contributed by atoms with Crippen molar-refractivity contribution < 1.29 is 27.8 Å². The molecule has 0 radical (unpaired) electrons. The molecule has 2 aromatic carbocycles. The van der Waals surface area contributed by atoms with Gasteiger partial charge in [0.25, 0.3) is 0 Å². The summed E-state index contributed by atoms with van der Waals surface area (Å²) in [5, 5.41) is 2.77. The van der Waals surface area contributed by atoms with Crippen molar-refractivity contribution in [3.8, 4) is 11.5 Å². The minimum Gasteiger partial charge on any atom is -0.497 e. The minimum absolute atomic E-state index is 0.119. The molecule has 5 nitrogen and oxygen atoms in total. The molecule has 2 aromatic rings. The molecule has 0 aliphatic heterocycles. The van der Waals surface area contributed by atoms with E-state index in [1.54, 1.807) is 25.1 Å². The third kappa shape index (κ3) is 5.26. The molecule has 0 unspecified atom stereocenters.